The topological polar surface area (TPSA) is 85.3 Å². The minimum absolute atomic E-state index is 0.0743. The molecule has 0 saturated heterocycles. The summed E-state index contributed by atoms with van der Waals surface area (Å²) in [5.74, 6) is 0.495. The molecule has 0 fully saturated rings. The molecule has 19 heavy (non-hydrogen) atoms. The summed E-state index contributed by atoms with van der Waals surface area (Å²) < 4.78 is 22.3. The molecule has 0 heterocycles. The van der Waals surface area contributed by atoms with E-state index in [-0.39, 0.29) is 18.8 Å². The van der Waals surface area contributed by atoms with Crippen LogP contribution < -0.4 is 10.5 Å². The van der Waals surface area contributed by atoms with Crippen LogP contribution in [-0.4, -0.2) is 19.3 Å². The van der Waals surface area contributed by atoms with E-state index >= 15 is 0 Å². The maximum Gasteiger partial charge on any atom is 0.404 e. The summed E-state index contributed by atoms with van der Waals surface area (Å²) in [6.07, 6.45) is -0.673. The zero-order valence-corrected chi connectivity index (χ0v) is 10.4. The fourth-order valence-electron chi connectivity index (χ4n) is 1.30. The third-order valence-electron chi connectivity index (χ3n) is 2.30. The molecule has 100 valence electrons. The summed E-state index contributed by atoms with van der Waals surface area (Å²) >= 11 is 0. The molecule has 6 heteroatoms. The third-order valence-corrected chi connectivity index (χ3v) is 2.30. The molecule has 0 spiro atoms. The van der Waals surface area contributed by atoms with Crippen LogP contribution in [0.3, 0.4) is 0 Å². The second-order valence-electron chi connectivity index (χ2n) is 3.75. The average molecular weight is 264 g/mol. The Morgan fingerprint density at radius 1 is 1.53 bits per heavy atom. The van der Waals surface area contributed by atoms with Gasteiger partial charge in [-0.1, -0.05) is 0 Å². The van der Waals surface area contributed by atoms with Crippen molar-refractivity contribution in [3.63, 3.8) is 0 Å². The largest absolute Gasteiger partial charge is 0.489 e. The highest BCUT2D eigenvalue weighted by Gasteiger charge is 2.04. The number of aryl methyl sites for hydroxylation is 1. The van der Waals surface area contributed by atoms with Crippen molar-refractivity contribution in [1.82, 2.24) is 0 Å². The number of nitrogens with zero attached hydrogens (tertiary/aromatic N) is 1. The van der Waals surface area contributed by atoms with E-state index in [1.807, 2.05) is 6.07 Å². The summed E-state index contributed by atoms with van der Waals surface area (Å²) in [4.78, 5) is 10.4. The Labute approximate surface area is 110 Å². The Morgan fingerprint density at radius 3 is 2.79 bits per heavy atom. The first-order chi connectivity index (χ1) is 9.06. The highest BCUT2D eigenvalue weighted by atomic mass is 19.1. The summed E-state index contributed by atoms with van der Waals surface area (Å²) in [7, 11) is 0. The minimum atomic E-state index is -0.978. The first kappa shape index (κ1) is 14.5. The van der Waals surface area contributed by atoms with Gasteiger partial charge >= 0.3 is 6.09 Å². The van der Waals surface area contributed by atoms with Crippen molar-refractivity contribution in [2.45, 2.75) is 6.92 Å². The fraction of sp³-hybridized carbons (Fsp3) is 0.231. The van der Waals surface area contributed by atoms with Crippen LogP contribution in [0.15, 0.2) is 30.1 Å². The van der Waals surface area contributed by atoms with Crippen molar-refractivity contribution in [3.05, 3.63) is 41.2 Å². The van der Waals surface area contributed by atoms with Gasteiger partial charge in [0.15, 0.2) is 0 Å². The number of amides is 1. The van der Waals surface area contributed by atoms with Gasteiger partial charge in [-0.25, -0.2) is 9.18 Å². The zero-order valence-electron chi connectivity index (χ0n) is 10.4. The number of halogens is 1. The maximum absolute atomic E-state index is 12.5. The number of carbonyl (C=O) groups is 1. The Morgan fingerprint density at radius 2 is 2.26 bits per heavy atom. The van der Waals surface area contributed by atoms with Crippen LogP contribution in [0.25, 0.3) is 0 Å². The predicted octanol–water partition coefficient (Wildman–Crippen LogP) is 2.19. The number of carbonyl (C=O) groups excluding carboxylic acids is 1. The minimum Gasteiger partial charge on any atom is -0.489 e. The number of benzene rings is 1. The van der Waals surface area contributed by atoms with Crippen molar-refractivity contribution >= 4 is 6.09 Å². The van der Waals surface area contributed by atoms with Crippen LogP contribution in [-0.2, 0) is 4.74 Å². The fourth-order valence-corrected chi connectivity index (χ4v) is 1.30. The number of hydrogen-bond acceptors (Lipinski definition) is 4. The molecule has 0 aromatic heterocycles. The molecule has 5 nitrogen and oxygen atoms in total. The van der Waals surface area contributed by atoms with Gasteiger partial charge in [-0.05, 0) is 30.7 Å². The average Bonchev–Trinajstić information content (AvgIpc) is 2.39. The van der Waals surface area contributed by atoms with Crippen LogP contribution in [0.4, 0.5) is 9.18 Å². The standard InChI is InChI=1S/C13H13FN2O3/c1-9-4-12(3-2-11(9)6-15)18-7-10(5-14)8-19-13(16)17/h2-5H,7-8H2,1H3,(H2,16,17). The molecular weight excluding hydrogens is 251 g/mol. The van der Waals surface area contributed by atoms with E-state index in [2.05, 4.69) is 4.74 Å². The van der Waals surface area contributed by atoms with Gasteiger partial charge in [0.1, 0.15) is 19.0 Å². The molecule has 0 radical (unpaired) electrons. The van der Waals surface area contributed by atoms with Gasteiger partial charge in [0.05, 0.1) is 18.0 Å². The zero-order chi connectivity index (χ0) is 14.3. The summed E-state index contributed by atoms with van der Waals surface area (Å²) in [6, 6.07) is 6.92. The lowest BCUT2D eigenvalue weighted by Gasteiger charge is -2.09. The van der Waals surface area contributed by atoms with Gasteiger partial charge < -0.3 is 15.2 Å². The SMILES string of the molecule is Cc1cc(OCC(=CF)COC(N)=O)ccc1C#N. The Hall–Kier alpha value is -2.55. The lowest BCUT2D eigenvalue weighted by molar-refractivity contribution is 0.162. The van der Waals surface area contributed by atoms with Crippen molar-refractivity contribution in [2.75, 3.05) is 13.2 Å². The van der Waals surface area contributed by atoms with Crippen molar-refractivity contribution in [1.29, 1.82) is 5.26 Å². The molecular formula is C13H13FN2O3. The second kappa shape index (κ2) is 7.01. The lowest BCUT2D eigenvalue weighted by atomic mass is 10.1. The van der Waals surface area contributed by atoms with E-state index in [9.17, 15) is 9.18 Å². The van der Waals surface area contributed by atoms with E-state index in [0.29, 0.717) is 17.6 Å². The molecule has 1 aromatic rings. The maximum atomic E-state index is 12.5. The van der Waals surface area contributed by atoms with Gasteiger partial charge in [-0.3, -0.25) is 0 Å². The summed E-state index contributed by atoms with van der Waals surface area (Å²) in [5.41, 5.74) is 6.22. The van der Waals surface area contributed by atoms with Crippen molar-refractivity contribution in [3.8, 4) is 11.8 Å². The first-order valence-electron chi connectivity index (χ1n) is 5.40. The number of nitriles is 1. The van der Waals surface area contributed by atoms with E-state index < -0.39 is 6.09 Å². The number of rotatable bonds is 5. The molecule has 0 saturated carbocycles. The molecule has 0 aliphatic carbocycles. The molecule has 2 N–H and O–H groups in total. The molecule has 1 amide bonds. The van der Waals surface area contributed by atoms with E-state index in [1.165, 1.54) is 0 Å². The van der Waals surface area contributed by atoms with Gasteiger partial charge in [0.25, 0.3) is 0 Å². The lowest BCUT2D eigenvalue weighted by Crippen LogP contribution is -2.16. The van der Waals surface area contributed by atoms with Crippen LogP contribution in [0.5, 0.6) is 5.75 Å². The van der Waals surface area contributed by atoms with Crippen molar-refractivity contribution in [2.24, 2.45) is 5.73 Å². The van der Waals surface area contributed by atoms with Crippen LogP contribution in [0, 0.1) is 18.3 Å². The number of primary amides is 1. The monoisotopic (exact) mass is 264 g/mol. The second-order valence-corrected chi connectivity index (χ2v) is 3.75. The molecule has 0 aliphatic heterocycles. The first-order valence-corrected chi connectivity index (χ1v) is 5.40. The van der Waals surface area contributed by atoms with Crippen LogP contribution in [0.1, 0.15) is 11.1 Å². The third kappa shape index (κ3) is 4.68. The molecule has 1 rings (SSSR count). The Balaban J connectivity index is 2.58. The van der Waals surface area contributed by atoms with E-state index in [4.69, 9.17) is 15.7 Å². The van der Waals surface area contributed by atoms with Gasteiger partial charge in [0.2, 0.25) is 0 Å². The quantitative estimate of drug-likeness (QED) is 0.883. The van der Waals surface area contributed by atoms with Gasteiger partial charge in [-0.15, -0.1) is 0 Å². The summed E-state index contributed by atoms with van der Waals surface area (Å²) in [5, 5.41) is 8.78. The van der Waals surface area contributed by atoms with E-state index in [0.717, 1.165) is 5.56 Å². The number of hydrogen-bond donors (Lipinski definition) is 1. The smallest absolute Gasteiger partial charge is 0.404 e. The van der Waals surface area contributed by atoms with Gasteiger partial charge in [-0.2, -0.15) is 5.26 Å². The van der Waals surface area contributed by atoms with Gasteiger partial charge in [0, 0.05) is 5.57 Å². The summed E-state index contributed by atoms with van der Waals surface area (Å²) in [6.45, 7) is 1.43. The number of nitrogens with two attached hydrogens (primary N) is 1. The number of ether oxygens (including phenoxy) is 2. The molecule has 0 atom stereocenters. The van der Waals surface area contributed by atoms with Crippen LogP contribution >= 0.6 is 0 Å². The predicted molar refractivity (Wildman–Crippen MR) is 66.1 cm³/mol. The molecule has 0 bridgehead atoms. The molecule has 0 aliphatic rings. The molecule has 1 aromatic carbocycles. The highest BCUT2D eigenvalue weighted by molar-refractivity contribution is 5.64. The Bertz CT molecular complexity index is 535. The van der Waals surface area contributed by atoms with Crippen LogP contribution in [0.2, 0.25) is 0 Å². The Kier molecular flexibility index (Phi) is 5.35. The molecule has 0 unspecified atom stereocenters. The normalized spacial score (nSPS) is 10.7. The van der Waals surface area contributed by atoms with Crippen molar-refractivity contribution < 1.29 is 18.7 Å². The van der Waals surface area contributed by atoms with E-state index in [1.54, 1.807) is 25.1 Å². The highest BCUT2D eigenvalue weighted by Crippen LogP contribution is 2.17.